The van der Waals surface area contributed by atoms with Crippen LogP contribution in [0, 0.1) is 6.92 Å². The molecule has 2 heterocycles. The molecule has 0 aliphatic carbocycles. The highest BCUT2D eigenvalue weighted by molar-refractivity contribution is 5.42. The Morgan fingerprint density at radius 2 is 2.19 bits per heavy atom. The molecule has 0 aromatic carbocycles. The molecule has 0 atom stereocenters. The second kappa shape index (κ2) is 4.79. The molecule has 0 saturated carbocycles. The zero-order chi connectivity index (χ0) is 11.4. The van der Waals surface area contributed by atoms with E-state index in [1.807, 2.05) is 30.1 Å². The van der Waals surface area contributed by atoms with Gasteiger partial charge in [0, 0.05) is 38.6 Å². The number of hydrogen-bond donors (Lipinski definition) is 1. The van der Waals surface area contributed by atoms with Crippen LogP contribution < -0.4 is 5.32 Å². The van der Waals surface area contributed by atoms with Gasteiger partial charge in [0.1, 0.15) is 11.6 Å². The Morgan fingerprint density at radius 3 is 2.88 bits per heavy atom. The molecule has 0 spiro atoms. The Bertz CT molecular complexity index is 462. The second-order valence-corrected chi connectivity index (χ2v) is 3.80. The maximum absolute atomic E-state index is 4.28. The minimum atomic E-state index is 0.850. The van der Waals surface area contributed by atoms with Gasteiger partial charge in [0.15, 0.2) is 0 Å². The smallest absolute Gasteiger partial charge is 0.128 e. The van der Waals surface area contributed by atoms with Gasteiger partial charge in [-0.15, -0.1) is 0 Å². The maximum atomic E-state index is 4.28. The molecular weight excluding hydrogens is 200 g/mol. The van der Waals surface area contributed by atoms with Crippen LogP contribution >= 0.6 is 0 Å². The summed E-state index contributed by atoms with van der Waals surface area (Å²) in [5, 5.41) is 3.31. The average molecular weight is 216 g/mol. The predicted molar refractivity (Wildman–Crippen MR) is 64.4 cm³/mol. The monoisotopic (exact) mass is 216 g/mol. The molecule has 2 aromatic heterocycles. The third-order valence-corrected chi connectivity index (χ3v) is 2.57. The van der Waals surface area contributed by atoms with Crippen molar-refractivity contribution >= 4 is 5.82 Å². The molecular formula is C12H16N4. The van der Waals surface area contributed by atoms with Crippen molar-refractivity contribution in [2.24, 2.45) is 7.05 Å². The number of nitrogens with zero attached hydrogens (tertiary/aromatic N) is 3. The van der Waals surface area contributed by atoms with Gasteiger partial charge in [-0.05, 0) is 18.6 Å². The van der Waals surface area contributed by atoms with Crippen LogP contribution in [0.1, 0.15) is 11.4 Å². The summed E-state index contributed by atoms with van der Waals surface area (Å²) in [6.45, 7) is 2.90. The Balaban J connectivity index is 1.89. The molecule has 1 N–H and O–H groups in total. The normalized spacial score (nSPS) is 10.4. The van der Waals surface area contributed by atoms with Gasteiger partial charge in [0.2, 0.25) is 0 Å². The van der Waals surface area contributed by atoms with Crippen LogP contribution in [0.2, 0.25) is 0 Å². The molecule has 4 nitrogen and oxygen atoms in total. The quantitative estimate of drug-likeness (QED) is 0.847. The highest BCUT2D eigenvalue weighted by atomic mass is 15.0. The average Bonchev–Trinajstić information content (AvgIpc) is 2.67. The molecule has 16 heavy (non-hydrogen) atoms. The van der Waals surface area contributed by atoms with E-state index in [0.29, 0.717) is 0 Å². The summed E-state index contributed by atoms with van der Waals surface area (Å²) < 4.78 is 2.03. The van der Waals surface area contributed by atoms with E-state index >= 15 is 0 Å². The van der Waals surface area contributed by atoms with Gasteiger partial charge in [-0.2, -0.15) is 0 Å². The molecule has 0 fully saturated rings. The van der Waals surface area contributed by atoms with Gasteiger partial charge in [-0.3, -0.25) is 0 Å². The summed E-state index contributed by atoms with van der Waals surface area (Å²) >= 11 is 0. The van der Waals surface area contributed by atoms with Crippen molar-refractivity contribution < 1.29 is 0 Å². The van der Waals surface area contributed by atoms with E-state index in [0.717, 1.165) is 24.6 Å². The first-order valence-electron chi connectivity index (χ1n) is 5.39. The summed E-state index contributed by atoms with van der Waals surface area (Å²) in [5.41, 5.74) is 1.17. The first-order valence-corrected chi connectivity index (χ1v) is 5.39. The zero-order valence-corrected chi connectivity index (χ0v) is 9.64. The summed E-state index contributed by atoms with van der Waals surface area (Å²) in [4.78, 5) is 8.55. The van der Waals surface area contributed by atoms with Crippen LogP contribution in [0.25, 0.3) is 0 Å². The van der Waals surface area contributed by atoms with Crippen molar-refractivity contribution in [3.05, 3.63) is 42.1 Å². The lowest BCUT2D eigenvalue weighted by atomic mass is 10.3. The van der Waals surface area contributed by atoms with Crippen molar-refractivity contribution in [2.45, 2.75) is 13.3 Å². The molecule has 0 aliphatic rings. The van der Waals surface area contributed by atoms with E-state index in [-0.39, 0.29) is 0 Å². The Labute approximate surface area is 95.4 Å². The van der Waals surface area contributed by atoms with Gasteiger partial charge in [-0.1, -0.05) is 6.07 Å². The van der Waals surface area contributed by atoms with Crippen LogP contribution in [0.3, 0.4) is 0 Å². The minimum Gasteiger partial charge on any atom is -0.369 e. The zero-order valence-electron chi connectivity index (χ0n) is 9.64. The molecule has 2 aromatic rings. The van der Waals surface area contributed by atoms with E-state index in [4.69, 9.17) is 0 Å². The predicted octanol–water partition coefficient (Wildman–Crippen LogP) is 1.78. The van der Waals surface area contributed by atoms with Crippen LogP contribution in [-0.2, 0) is 13.5 Å². The Morgan fingerprint density at radius 1 is 1.31 bits per heavy atom. The summed E-state index contributed by atoms with van der Waals surface area (Å²) in [6.07, 6.45) is 6.48. The van der Waals surface area contributed by atoms with E-state index in [1.165, 1.54) is 5.56 Å². The van der Waals surface area contributed by atoms with Gasteiger partial charge in [-0.25, -0.2) is 9.97 Å². The second-order valence-electron chi connectivity index (χ2n) is 3.80. The van der Waals surface area contributed by atoms with Crippen molar-refractivity contribution in [1.29, 1.82) is 0 Å². The SMILES string of the molecule is Cc1cccnc1NCCc1nccn1C. The molecule has 0 amide bonds. The first kappa shape index (κ1) is 10.7. The molecule has 84 valence electrons. The molecule has 0 bridgehead atoms. The van der Waals surface area contributed by atoms with Crippen LogP contribution in [0.4, 0.5) is 5.82 Å². The van der Waals surface area contributed by atoms with Crippen molar-refractivity contribution in [1.82, 2.24) is 14.5 Å². The first-order chi connectivity index (χ1) is 7.77. The van der Waals surface area contributed by atoms with E-state index in [2.05, 4.69) is 28.3 Å². The Kier molecular flexibility index (Phi) is 3.19. The number of pyridine rings is 1. The van der Waals surface area contributed by atoms with E-state index in [1.54, 1.807) is 6.20 Å². The largest absolute Gasteiger partial charge is 0.369 e. The number of nitrogens with one attached hydrogen (secondary N) is 1. The number of imidazole rings is 1. The highest BCUT2D eigenvalue weighted by Gasteiger charge is 2.00. The number of hydrogen-bond acceptors (Lipinski definition) is 3. The summed E-state index contributed by atoms with van der Waals surface area (Å²) in [5.74, 6) is 2.04. The molecule has 0 unspecified atom stereocenters. The number of aryl methyl sites for hydroxylation is 2. The number of rotatable bonds is 4. The lowest BCUT2D eigenvalue weighted by Gasteiger charge is -2.07. The topological polar surface area (TPSA) is 42.7 Å². The molecule has 0 aliphatic heterocycles. The van der Waals surface area contributed by atoms with E-state index in [9.17, 15) is 0 Å². The van der Waals surface area contributed by atoms with Gasteiger partial charge < -0.3 is 9.88 Å². The molecule has 4 heteroatoms. The van der Waals surface area contributed by atoms with Crippen LogP contribution in [0.5, 0.6) is 0 Å². The summed E-state index contributed by atoms with van der Waals surface area (Å²) in [6, 6.07) is 4.00. The number of aromatic nitrogens is 3. The van der Waals surface area contributed by atoms with Crippen molar-refractivity contribution in [2.75, 3.05) is 11.9 Å². The van der Waals surface area contributed by atoms with Crippen molar-refractivity contribution in [3.63, 3.8) is 0 Å². The van der Waals surface area contributed by atoms with Gasteiger partial charge in [0.05, 0.1) is 0 Å². The lowest BCUT2D eigenvalue weighted by Crippen LogP contribution is -2.10. The third-order valence-electron chi connectivity index (χ3n) is 2.57. The van der Waals surface area contributed by atoms with Crippen LogP contribution in [0.15, 0.2) is 30.7 Å². The van der Waals surface area contributed by atoms with E-state index < -0.39 is 0 Å². The Hall–Kier alpha value is -1.84. The number of anilines is 1. The molecule has 0 saturated heterocycles. The maximum Gasteiger partial charge on any atom is 0.128 e. The fraction of sp³-hybridized carbons (Fsp3) is 0.333. The van der Waals surface area contributed by atoms with Crippen molar-refractivity contribution in [3.8, 4) is 0 Å². The van der Waals surface area contributed by atoms with Crippen LogP contribution in [-0.4, -0.2) is 21.1 Å². The molecule has 2 rings (SSSR count). The summed E-state index contributed by atoms with van der Waals surface area (Å²) in [7, 11) is 2.01. The third kappa shape index (κ3) is 2.39. The lowest BCUT2D eigenvalue weighted by molar-refractivity contribution is 0.788. The standard InChI is InChI=1S/C12H16N4/c1-10-4-3-6-14-12(10)15-7-5-11-13-8-9-16(11)2/h3-4,6,8-9H,5,7H2,1-2H3,(H,14,15). The van der Waals surface area contributed by atoms with Gasteiger partial charge >= 0.3 is 0 Å². The van der Waals surface area contributed by atoms with Gasteiger partial charge in [0.25, 0.3) is 0 Å². The fourth-order valence-corrected chi connectivity index (χ4v) is 1.60. The minimum absolute atomic E-state index is 0.850. The molecule has 0 radical (unpaired) electrons. The highest BCUT2D eigenvalue weighted by Crippen LogP contribution is 2.08. The fourth-order valence-electron chi connectivity index (χ4n) is 1.60.